The summed E-state index contributed by atoms with van der Waals surface area (Å²) in [7, 11) is 0. The molecule has 184 valence electrons. The Morgan fingerprint density at radius 3 is 2.91 bits per heavy atom. The lowest BCUT2D eigenvalue weighted by Crippen LogP contribution is -2.41. The molecule has 3 atom stereocenters. The Labute approximate surface area is 198 Å². The Balaban J connectivity index is 1.41. The van der Waals surface area contributed by atoms with Crippen molar-refractivity contribution in [1.82, 2.24) is 25.2 Å². The Morgan fingerprint density at radius 1 is 1.24 bits per heavy atom. The van der Waals surface area contributed by atoms with E-state index in [2.05, 4.69) is 28.0 Å². The van der Waals surface area contributed by atoms with Gasteiger partial charge in [-0.15, -0.1) is 0 Å². The van der Waals surface area contributed by atoms with Crippen molar-refractivity contribution in [1.29, 1.82) is 0 Å². The van der Waals surface area contributed by atoms with E-state index in [4.69, 9.17) is 4.98 Å². The highest BCUT2D eigenvalue weighted by Crippen LogP contribution is 2.41. The molecule has 1 saturated heterocycles. The van der Waals surface area contributed by atoms with Crippen LogP contribution in [0, 0.1) is 5.92 Å². The molecular weight excluding hydrogens is 415 g/mol. The number of piperidine rings is 1. The zero-order valence-electron chi connectivity index (χ0n) is 20.6. The third-order valence-corrected chi connectivity index (χ3v) is 7.59. The molecule has 2 aromatic heterocycles. The average Bonchev–Trinajstić information content (AvgIpc) is 3.22. The van der Waals surface area contributed by atoms with Crippen molar-refractivity contribution in [3.63, 3.8) is 0 Å². The first-order valence-corrected chi connectivity index (χ1v) is 13.3. The van der Waals surface area contributed by atoms with Crippen molar-refractivity contribution in [3.05, 3.63) is 24.0 Å². The maximum atomic E-state index is 15.0. The van der Waals surface area contributed by atoms with Crippen molar-refractivity contribution >= 4 is 11.5 Å². The number of rotatable bonds is 9. The first-order valence-electron chi connectivity index (χ1n) is 13.3. The van der Waals surface area contributed by atoms with E-state index in [9.17, 15) is 4.39 Å². The summed E-state index contributed by atoms with van der Waals surface area (Å²) in [5, 5.41) is 15.1. The summed E-state index contributed by atoms with van der Waals surface area (Å²) in [6, 6.07) is 2.63. The lowest BCUT2D eigenvalue weighted by molar-refractivity contribution is 0.107. The molecule has 0 aromatic carbocycles. The van der Waals surface area contributed by atoms with E-state index in [0.29, 0.717) is 30.7 Å². The molecule has 3 N–H and O–H groups in total. The number of hydrogen-bond donors (Lipinski definition) is 3. The second-order valence-electron chi connectivity index (χ2n) is 10.5. The first-order chi connectivity index (χ1) is 16.0. The molecule has 1 saturated carbocycles. The van der Waals surface area contributed by atoms with Gasteiger partial charge in [-0.2, -0.15) is 5.10 Å². The zero-order chi connectivity index (χ0) is 23.1. The number of aromatic nitrogens is 3. The Bertz CT molecular complexity index is 860. The lowest BCUT2D eigenvalue weighted by atomic mass is 9.75. The summed E-state index contributed by atoms with van der Waals surface area (Å²) in [6.07, 6.45) is 14.2. The SMILES string of the molecule is CCCCC1CC(c2cnn3ccc(NCCNC4CCNCC4)nc23)CCCC(C)(F)C1. The number of alkyl halides is 1. The minimum Gasteiger partial charge on any atom is -0.369 e. The fourth-order valence-corrected chi connectivity index (χ4v) is 5.79. The van der Waals surface area contributed by atoms with Crippen LogP contribution in [-0.4, -0.2) is 52.5 Å². The molecule has 0 bridgehead atoms. The molecule has 4 rings (SSSR count). The smallest absolute Gasteiger partial charge is 0.160 e. The number of unbranched alkanes of at least 4 members (excludes halogenated alkanes) is 1. The first kappa shape index (κ1) is 24.4. The van der Waals surface area contributed by atoms with Crippen molar-refractivity contribution in [2.45, 2.75) is 95.7 Å². The summed E-state index contributed by atoms with van der Waals surface area (Å²) in [4.78, 5) is 4.94. The second kappa shape index (κ2) is 11.6. The predicted octanol–water partition coefficient (Wildman–Crippen LogP) is 5.07. The van der Waals surface area contributed by atoms with Gasteiger partial charge in [0, 0.05) is 30.9 Å². The van der Waals surface area contributed by atoms with Crippen LogP contribution in [0.5, 0.6) is 0 Å². The summed E-state index contributed by atoms with van der Waals surface area (Å²) in [5.74, 6) is 1.74. The minimum atomic E-state index is -1.03. The molecular formula is C26H43FN6. The van der Waals surface area contributed by atoms with Gasteiger partial charge >= 0.3 is 0 Å². The van der Waals surface area contributed by atoms with Crippen LogP contribution in [0.1, 0.15) is 89.5 Å². The maximum absolute atomic E-state index is 15.0. The normalized spacial score (nSPS) is 27.4. The standard InChI is InChI=1S/C26H43FN6/c1-3-4-6-20-17-21(7-5-11-26(2,27)18-20)23-19-31-33-16-10-24(32-25(23)33)30-15-14-29-22-8-12-28-13-9-22/h10,16,19-22,28-29H,3-9,11-15,17-18H2,1-2H3,(H,30,32). The highest BCUT2D eigenvalue weighted by Gasteiger charge is 2.33. The van der Waals surface area contributed by atoms with Gasteiger partial charge in [-0.1, -0.05) is 26.2 Å². The molecule has 1 aliphatic carbocycles. The third kappa shape index (κ3) is 6.89. The number of nitrogens with one attached hydrogen (secondary N) is 3. The molecule has 2 fully saturated rings. The predicted molar refractivity (Wildman–Crippen MR) is 134 cm³/mol. The molecule has 0 amide bonds. The van der Waals surface area contributed by atoms with E-state index in [-0.39, 0.29) is 0 Å². The molecule has 7 heteroatoms. The van der Waals surface area contributed by atoms with Crippen LogP contribution < -0.4 is 16.0 Å². The largest absolute Gasteiger partial charge is 0.369 e. The summed E-state index contributed by atoms with van der Waals surface area (Å²) in [5.41, 5.74) is 1.16. The monoisotopic (exact) mass is 458 g/mol. The highest BCUT2D eigenvalue weighted by molar-refractivity contribution is 5.53. The van der Waals surface area contributed by atoms with E-state index < -0.39 is 5.67 Å². The van der Waals surface area contributed by atoms with Crippen LogP contribution in [0.3, 0.4) is 0 Å². The van der Waals surface area contributed by atoms with Crippen molar-refractivity contribution in [2.24, 2.45) is 5.92 Å². The van der Waals surface area contributed by atoms with Gasteiger partial charge in [-0.3, -0.25) is 0 Å². The number of halogens is 1. The van der Waals surface area contributed by atoms with Crippen molar-refractivity contribution in [3.8, 4) is 0 Å². The molecule has 0 spiro atoms. The van der Waals surface area contributed by atoms with Gasteiger partial charge < -0.3 is 16.0 Å². The quantitative estimate of drug-likeness (QED) is 0.458. The van der Waals surface area contributed by atoms with E-state index in [1.54, 1.807) is 6.92 Å². The van der Waals surface area contributed by atoms with Gasteiger partial charge in [0.2, 0.25) is 0 Å². The van der Waals surface area contributed by atoms with Crippen LogP contribution >= 0.6 is 0 Å². The molecule has 3 unspecified atom stereocenters. The second-order valence-corrected chi connectivity index (χ2v) is 10.5. The summed E-state index contributed by atoms with van der Waals surface area (Å²) >= 11 is 0. The maximum Gasteiger partial charge on any atom is 0.160 e. The fraction of sp³-hybridized carbons (Fsp3) is 0.769. The van der Waals surface area contributed by atoms with Crippen molar-refractivity contribution < 1.29 is 4.39 Å². The van der Waals surface area contributed by atoms with Crippen LogP contribution in [0.25, 0.3) is 5.65 Å². The van der Waals surface area contributed by atoms with E-state index in [1.165, 1.54) is 31.2 Å². The summed E-state index contributed by atoms with van der Waals surface area (Å²) in [6.45, 7) is 8.04. The van der Waals surface area contributed by atoms with Gasteiger partial charge in [0.15, 0.2) is 5.65 Å². The molecule has 2 aliphatic rings. The van der Waals surface area contributed by atoms with Crippen LogP contribution in [0.4, 0.5) is 10.2 Å². The molecule has 2 aromatic rings. The number of nitrogens with zero attached hydrogens (tertiary/aromatic N) is 3. The Morgan fingerprint density at radius 2 is 2.09 bits per heavy atom. The van der Waals surface area contributed by atoms with Crippen LogP contribution in [0.15, 0.2) is 18.5 Å². The van der Waals surface area contributed by atoms with Crippen LogP contribution in [0.2, 0.25) is 0 Å². The Kier molecular flexibility index (Phi) is 8.58. The topological polar surface area (TPSA) is 66.3 Å². The number of hydrogen-bond acceptors (Lipinski definition) is 5. The number of fused-ring (bicyclic) bond motifs is 1. The highest BCUT2D eigenvalue weighted by atomic mass is 19.1. The Hall–Kier alpha value is -1.73. The summed E-state index contributed by atoms with van der Waals surface area (Å²) < 4.78 is 16.9. The van der Waals surface area contributed by atoms with Gasteiger partial charge in [0.1, 0.15) is 11.5 Å². The van der Waals surface area contributed by atoms with Crippen LogP contribution in [-0.2, 0) is 0 Å². The fourth-order valence-electron chi connectivity index (χ4n) is 5.79. The molecule has 33 heavy (non-hydrogen) atoms. The average molecular weight is 459 g/mol. The molecule has 6 nitrogen and oxygen atoms in total. The zero-order valence-corrected chi connectivity index (χ0v) is 20.6. The van der Waals surface area contributed by atoms with E-state index in [0.717, 1.165) is 63.3 Å². The molecule has 0 radical (unpaired) electrons. The molecule has 1 aliphatic heterocycles. The van der Waals surface area contributed by atoms with E-state index in [1.807, 2.05) is 23.0 Å². The third-order valence-electron chi connectivity index (χ3n) is 7.59. The minimum absolute atomic E-state index is 0.407. The van der Waals surface area contributed by atoms with Gasteiger partial charge in [0.05, 0.1) is 6.20 Å². The van der Waals surface area contributed by atoms with E-state index >= 15 is 0 Å². The van der Waals surface area contributed by atoms with Gasteiger partial charge in [0.25, 0.3) is 0 Å². The van der Waals surface area contributed by atoms with Crippen molar-refractivity contribution in [2.75, 3.05) is 31.5 Å². The van der Waals surface area contributed by atoms with Gasteiger partial charge in [-0.05, 0) is 82.9 Å². The lowest BCUT2D eigenvalue weighted by Gasteiger charge is -2.32. The number of anilines is 1. The molecule has 3 heterocycles. The van der Waals surface area contributed by atoms with Gasteiger partial charge in [-0.25, -0.2) is 13.9 Å².